The van der Waals surface area contributed by atoms with Crippen LogP contribution < -0.4 is 10.5 Å². The summed E-state index contributed by atoms with van der Waals surface area (Å²) in [6, 6.07) is 10.9. The Kier molecular flexibility index (Phi) is 3.70. The molecule has 20 heavy (non-hydrogen) atoms. The number of benzene rings is 2. The molecule has 0 amide bonds. The first-order chi connectivity index (χ1) is 9.47. The van der Waals surface area contributed by atoms with E-state index >= 15 is 0 Å². The highest BCUT2D eigenvalue weighted by atomic mass is 16.5. The number of carbonyl (C=O) groups excluding carboxylic acids is 1. The van der Waals surface area contributed by atoms with Crippen LogP contribution in [0.3, 0.4) is 0 Å². The minimum absolute atomic E-state index is 0.0277. The molecule has 0 unspecified atom stereocenters. The van der Waals surface area contributed by atoms with E-state index in [0.717, 1.165) is 5.56 Å². The number of carboxylic acid groups (broad SMARTS) is 1. The van der Waals surface area contributed by atoms with E-state index in [1.165, 1.54) is 18.2 Å². The normalized spacial score (nSPS) is 10.1. The van der Waals surface area contributed by atoms with Gasteiger partial charge in [-0.1, -0.05) is 17.7 Å². The molecule has 0 spiro atoms. The van der Waals surface area contributed by atoms with Gasteiger partial charge in [-0.05, 0) is 31.2 Å². The summed E-state index contributed by atoms with van der Waals surface area (Å²) in [6.07, 6.45) is 0. The summed E-state index contributed by atoms with van der Waals surface area (Å²) in [7, 11) is 0. The van der Waals surface area contributed by atoms with Crippen LogP contribution in [0.4, 0.5) is 5.69 Å². The maximum absolute atomic E-state index is 11.9. The molecule has 0 aliphatic heterocycles. The number of hydrogen-bond acceptors (Lipinski definition) is 4. The second-order valence-electron chi connectivity index (χ2n) is 4.31. The molecular weight excluding hydrogens is 258 g/mol. The fourth-order valence-electron chi connectivity index (χ4n) is 1.65. The van der Waals surface area contributed by atoms with E-state index in [1.807, 2.05) is 6.92 Å². The van der Waals surface area contributed by atoms with Gasteiger partial charge in [-0.15, -0.1) is 0 Å². The fraction of sp³-hybridized carbons (Fsp3) is 0.0667. The molecule has 0 saturated heterocycles. The molecule has 0 atom stereocenters. The van der Waals surface area contributed by atoms with Gasteiger partial charge in [-0.3, -0.25) is 0 Å². The van der Waals surface area contributed by atoms with Crippen molar-refractivity contribution in [1.29, 1.82) is 0 Å². The van der Waals surface area contributed by atoms with Crippen LogP contribution in [0.5, 0.6) is 5.75 Å². The summed E-state index contributed by atoms with van der Waals surface area (Å²) in [6.45, 7) is 1.92. The number of nitrogen functional groups attached to an aromatic ring is 1. The van der Waals surface area contributed by atoms with E-state index in [2.05, 4.69) is 0 Å². The number of rotatable bonds is 3. The van der Waals surface area contributed by atoms with Crippen LogP contribution >= 0.6 is 0 Å². The molecule has 0 aromatic heterocycles. The van der Waals surface area contributed by atoms with E-state index in [4.69, 9.17) is 15.6 Å². The predicted octanol–water partition coefficient (Wildman–Crippen LogP) is 2.49. The Balaban J connectivity index is 2.18. The Hall–Kier alpha value is -2.82. The zero-order valence-corrected chi connectivity index (χ0v) is 10.8. The van der Waals surface area contributed by atoms with Gasteiger partial charge >= 0.3 is 11.9 Å². The van der Waals surface area contributed by atoms with Crippen molar-refractivity contribution in [3.8, 4) is 5.75 Å². The monoisotopic (exact) mass is 271 g/mol. The zero-order valence-electron chi connectivity index (χ0n) is 10.8. The zero-order chi connectivity index (χ0) is 14.7. The average Bonchev–Trinajstić information content (AvgIpc) is 2.39. The summed E-state index contributed by atoms with van der Waals surface area (Å²) >= 11 is 0. The lowest BCUT2D eigenvalue weighted by atomic mass is 10.1. The Morgan fingerprint density at radius 1 is 1.10 bits per heavy atom. The van der Waals surface area contributed by atoms with E-state index in [1.54, 1.807) is 24.3 Å². The minimum Gasteiger partial charge on any atom is -0.478 e. The topological polar surface area (TPSA) is 89.6 Å². The van der Waals surface area contributed by atoms with Crippen molar-refractivity contribution in [3.05, 3.63) is 59.2 Å². The van der Waals surface area contributed by atoms with Crippen LogP contribution in [0.1, 0.15) is 26.3 Å². The van der Waals surface area contributed by atoms with Gasteiger partial charge in [0.15, 0.2) is 0 Å². The van der Waals surface area contributed by atoms with Gasteiger partial charge in [0.05, 0.1) is 11.1 Å². The van der Waals surface area contributed by atoms with Crippen LogP contribution in [-0.2, 0) is 0 Å². The van der Waals surface area contributed by atoms with Gasteiger partial charge in [0.25, 0.3) is 0 Å². The first kappa shape index (κ1) is 13.6. The summed E-state index contributed by atoms with van der Waals surface area (Å²) in [4.78, 5) is 22.7. The van der Waals surface area contributed by atoms with Gasteiger partial charge in [-0.25, -0.2) is 9.59 Å². The number of hydrogen-bond donors (Lipinski definition) is 2. The van der Waals surface area contributed by atoms with Gasteiger partial charge < -0.3 is 15.6 Å². The number of carboxylic acids is 1. The van der Waals surface area contributed by atoms with Crippen molar-refractivity contribution in [2.24, 2.45) is 0 Å². The van der Waals surface area contributed by atoms with E-state index in [0.29, 0.717) is 5.56 Å². The molecule has 0 radical (unpaired) electrons. The Labute approximate surface area is 115 Å². The predicted molar refractivity (Wildman–Crippen MR) is 74.0 cm³/mol. The maximum Gasteiger partial charge on any atom is 0.343 e. The van der Waals surface area contributed by atoms with E-state index in [9.17, 15) is 9.59 Å². The molecule has 5 nitrogen and oxygen atoms in total. The van der Waals surface area contributed by atoms with Crippen LogP contribution in [-0.4, -0.2) is 17.0 Å². The number of nitrogens with two attached hydrogens (primary N) is 1. The smallest absolute Gasteiger partial charge is 0.343 e. The number of ether oxygens (including phenoxy) is 1. The fourth-order valence-corrected chi connectivity index (χ4v) is 1.65. The Morgan fingerprint density at radius 2 is 1.75 bits per heavy atom. The first-order valence-electron chi connectivity index (χ1n) is 5.89. The summed E-state index contributed by atoms with van der Waals surface area (Å²) < 4.78 is 5.14. The van der Waals surface area contributed by atoms with Gasteiger partial charge in [0.1, 0.15) is 5.75 Å². The summed E-state index contributed by atoms with van der Waals surface area (Å²) in [5.41, 5.74) is 7.06. The molecule has 2 aromatic carbocycles. The molecule has 0 bridgehead atoms. The second-order valence-corrected chi connectivity index (χ2v) is 4.31. The van der Waals surface area contributed by atoms with Crippen LogP contribution in [0.2, 0.25) is 0 Å². The highest BCUT2D eigenvalue weighted by molar-refractivity contribution is 5.94. The molecule has 0 aliphatic carbocycles. The second kappa shape index (κ2) is 5.44. The third kappa shape index (κ3) is 2.95. The molecule has 0 fully saturated rings. The third-order valence-corrected chi connectivity index (χ3v) is 2.75. The molecule has 3 N–H and O–H groups in total. The van der Waals surface area contributed by atoms with Gasteiger partial charge in [0, 0.05) is 11.8 Å². The molecule has 5 heteroatoms. The number of aromatic carboxylic acids is 1. The van der Waals surface area contributed by atoms with Gasteiger partial charge in [-0.2, -0.15) is 0 Å². The Morgan fingerprint density at radius 3 is 2.30 bits per heavy atom. The van der Waals surface area contributed by atoms with Crippen molar-refractivity contribution >= 4 is 17.6 Å². The standard InChI is InChI=1S/C15H13NO4/c1-9-2-4-10(5-3-9)15(19)20-11-6-7-12(14(17)18)13(16)8-11/h2-8H,16H2,1H3,(H,17,18). The van der Waals surface area contributed by atoms with Crippen molar-refractivity contribution in [3.63, 3.8) is 0 Å². The van der Waals surface area contributed by atoms with Crippen molar-refractivity contribution in [2.45, 2.75) is 6.92 Å². The van der Waals surface area contributed by atoms with E-state index in [-0.39, 0.29) is 17.0 Å². The number of esters is 1. The number of aryl methyl sites for hydroxylation is 1. The molecular formula is C15H13NO4. The SMILES string of the molecule is Cc1ccc(C(=O)Oc2ccc(C(=O)O)c(N)c2)cc1. The van der Waals surface area contributed by atoms with Crippen molar-refractivity contribution < 1.29 is 19.4 Å². The van der Waals surface area contributed by atoms with Crippen LogP contribution in [0, 0.1) is 6.92 Å². The molecule has 102 valence electrons. The lowest BCUT2D eigenvalue weighted by Gasteiger charge is -2.07. The minimum atomic E-state index is -1.13. The lowest BCUT2D eigenvalue weighted by Crippen LogP contribution is -2.09. The van der Waals surface area contributed by atoms with Crippen LogP contribution in [0.15, 0.2) is 42.5 Å². The number of anilines is 1. The summed E-state index contributed by atoms with van der Waals surface area (Å²) in [5, 5.41) is 8.85. The maximum atomic E-state index is 11.9. The molecule has 0 saturated carbocycles. The highest BCUT2D eigenvalue weighted by Crippen LogP contribution is 2.21. The van der Waals surface area contributed by atoms with Crippen molar-refractivity contribution in [2.75, 3.05) is 5.73 Å². The molecule has 0 heterocycles. The average molecular weight is 271 g/mol. The van der Waals surface area contributed by atoms with Crippen molar-refractivity contribution in [1.82, 2.24) is 0 Å². The van der Waals surface area contributed by atoms with Gasteiger partial charge in [0.2, 0.25) is 0 Å². The summed E-state index contributed by atoms with van der Waals surface area (Å²) in [5.74, 6) is -1.44. The van der Waals surface area contributed by atoms with E-state index < -0.39 is 11.9 Å². The Bertz CT molecular complexity index is 662. The number of carbonyl (C=O) groups is 2. The third-order valence-electron chi connectivity index (χ3n) is 2.75. The lowest BCUT2D eigenvalue weighted by molar-refractivity contribution is 0.0697. The highest BCUT2D eigenvalue weighted by Gasteiger charge is 2.12. The quantitative estimate of drug-likeness (QED) is 0.508. The largest absolute Gasteiger partial charge is 0.478 e. The molecule has 2 rings (SSSR count). The molecule has 2 aromatic rings. The molecule has 0 aliphatic rings. The van der Waals surface area contributed by atoms with Crippen LogP contribution in [0.25, 0.3) is 0 Å². The first-order valence-corrected chi connectivity index (χ1v) is 5.89.